The van der Waals surface area contributed by atoms with Gasteiger partial charge in [-0.25, -0.2) is 13.1 Å². The number of sulfonamides is 1. The Bertz CT molecular complexity index is 555. The third-order valence-electron chi connectivity index (χ3n) is 3.76. The molecule has 4 nitrogen and oxygen atoms in total. The molecule has 3 N–H and O–H groups in total. The van der Waals surface area contributed by atoms with Crippen LogP contribution in [0, 0.1) is 19.8 Å². The highest BCUT2D eigenvalue weighted by Gasteiger charge is 2.24. The highest BCUT2D eigenvalue weighted by Crippen LogP contribution is 2.24. The average molecular weight is 282 g/mol. The molecule has 2 unspecified atom stereocenters. The van der Waals surface area contributed by atoms with Gasteiger partial charge in [0.15, 0.2) is 0 Å². The number of nitrogens with two attached hydrogens (primary N) is 1. The minimum absolute atomic E-state index is 0.232. The lowest BCUT2D eigenvalue weighted by atomic mass is 10.1. The Morgan fingerprint density at radius 2 is 2.05 bits per heavy atom. The summed E-state index contributed by atoms with van der Waals surface area (Å²) in [5.41, 5.74) is 7.69. The Kier molecular flexibility index (Phi) is 4.28. The molecule has 1 aromatic rings. The van der Waals surface area contributed by atoms with Crippen molar-refractivity contribution < 1.29 is 8.42 Å². The maximum atomic E-state index is 12.3. The topological polar surface area (TPSA) is 72.2 Å². The second kappa shape index (κ2) is 5.61. The molecule has 106 valence electrons. The third-order valence-corrected chi connectivity index (χ3v) is 5.35. The van der Waals surface area contributed by atoms with Crippen LogP contribution in [-0.4, -0.2) is 21.0 Å². The van der Waals surface area contributed by atoms with Gasteiger partial charge in [0.05, 0.1) is 4.90 Å². The van der Waals surface area contributed by atoms with E-state index >= 15 is 0 Å². The Morgan fingerprint density at radius 3 is 2.63 bits per heavy atom. The molecule has 19 heavy (non-hydrogen) atoms. The molecule has 1 aliphatic carbocycles. The van der Waals surface area contributed by atoms with Gasteiger partial charge in [0.25, 0.3) is 0 Å². The Balaban J connectivity index is 2.06. The zero-order valence-corrected chi connectivity index (χ0v) is 12.3. The predicted molar refractivity (Wildman–Crippen MR) is 76.4 cm³/mol. The van der Waals surface area contributed by atoms with Crippen LogP contribution in [0.15, 0.2) is 23.1 Å². The van der Waals surface area contributed by atoms with E-state index in [0.29, 0.717) is 17.4 Å². The van der Waals surface area contributed by atoms with Crippen molar-refractivity contribution in [3.05, 3.63) is 29.3 Å². The second-order valence-corrected chi connectivity index (χ2v) is 7.30. The van der Waals surface area contributed by atoms with E-state index in [0.717, 1.165) is 30.4 Å². The lowest BCUT2D eigenvalue weighted by Gasteiger charge is -2.13. The molecule has 0 aromatic heterocycles. The first-order valence-electron chi connectivity index (χ1n) is 6.71. The first-order chi connectivity index (χ1) is 8.88. The lowest BCUT2D eigenvalue weighted by Crippen LogP contribution is -2.29. The van der Waals surface area contributed by atoms with Crippen molar-refractivity contribution in [2.75, 3.05) is 6.54 Å². The van der Waals surface area contributed by atoms with Gasteiger partial charge < -0.3 is 5.73 Å². The van der Waals surface area contributed by atoms with E-state index in [1.807, 2.05) is 26.0 Å². The SMILES string of the molecule is Cc1ccc(S(=O)(=O)NCC2CCC(N)C2)c(C)c1. The first-order valence-corrected chi connectivity index (χ1v) is 8.19. The molecule has 5 heteroatoms. The van der Waals surface area contributed by atoms with Crippen LogP contribution in [0.1, 0.15) is 30.4 Å². The zero-order chi connectivity index (χ0) is 14.0. The smallest absolute Gasteiger partial charge is 0.240 e. The van der Waals surface area contributed by atoms with Crippen molar-refractivity contribution in [1.29, 1.82) is 0 Å². The van der Waals surface area contributed by atoms with Gasteiger partial charge in [0.1, 0.15) is 0 Å². The molecule has 0 radical (unpaired) electrons. The quantitative estimate of drug-likeness (QED) is 0.883. The Morgan fingerprint density at radius 1 is 1.32 bits per heavy atom. The average Bonchev–Trinajstić information content (AvgIpc) is 2.72. The lowest BCUT2D eigenvalue weighted by molar-refractivity contribution is 0.512. The molecule has 1 fully saturated rings. The zero-order valence-electron chi connectivity index (χ0n) is 11.5. The van der Waals surface area contributed by atoms with E-state index in [-0.39, 0.29) is 6.04 Å². The van der Waals surface area contributed by atoms with Crippen molar-refractivity contribution in [3.63, 3.8) is 0 Å². The fourth-order valence-electron chi connectivity index (χ4n) is 2.71. The maximum absolute atomic E-state index is 12.3. The number of hydrogen-bond donors (Lipinski definition) is 2. The van der Waals surface area contributed by atoms with Gasteiger partial charge in [0, 0.05) is 12.6 Å². The monoisotopic (exact) mass is 282 g/mol. The molecule has 2 atom stereocenters. The molecule has 0 amide bonds. The normalized spacial score (nSPS) is 23.7. The highest BCUT2D eigenvalue weighted by molar-refractivity contribution is 7.89. The molecule has 0 saturated heterocycles. The molecule has 0 aliphatic heterocycles. The minimum atomic E-state index is -3.40. The first kappa shape index (κ1) is 14.5. The third kappa shape index (κ3) is 3.55. The van der Waals surface area contributed by atoms with E-state index in [1.165, 1.54) is 0 Å². The van der Waals surface area contributed by atoms with Gasteiger partial charge >= 0.3 is 0 Å². The van der Waals surface area contributed by atoms with Crippen LogP contribution in [0.3, 0.4) is 0 Å². The van der Waals surface area contributed by atoms with Crippen LogP contribution in [0.4, 0.5) is 0 Å². The van der Waals surface area contributed by atoms with Gasteiger partial charge in [-0.15, -0.1) is 0 Å². The van der Waals surface area contributed by atoms with Crippen molar-refractivity contribution in [3.8, 4) is 0 Å². The van der Waals surface area contributed by atoms with E-state index in [1.54, 1.807) is 6.07 Å². The van der Waals surface area contributed by atoms with Crippen LogP contribution in [-0.2, 0) is 10.0 Å². The Hall–Kier alpha value is -0.910. The molecule has 1 aromatic carbocycles. The summed E-state index contributed by atoms with van der Waals surface area (Å²) in [6.07, 6.45) is 2.92. The largest absolute Gasteiger partial charge is 0.328 e. The molecule has 1 aliphatic rings. The van der Waals surface area contributed by atoms with Crippen LogP contribution < -0.4 is 10.5 Å². The molecule has 0 bridgehead atoms. The molecular weight excluding hydrogens is 260 g/mol. The van der Waals surface area contributed by atoms with Crippen molar-refractivity contribution in [2.24, 2.45) is 11.7 Å². The summed E-state index contributed by atoms with van der Waals surface area (Å²) in [7, 11) is -3.40. The van der Waals surface area contributed by atoms with Gasteiger partial charge in [-0.1, -0.05) is 17.7 Å². The molecule has 0 spiro atoms. The number of rotatable bonds is 4. The summed E-state index contributed by atoms with van der Waals surface area (Å²) in [6, 6.07) is 5.62. The number of nitrogens with one attached hydrogen (secondary N) is 1. The summed E-state index contributed by atoms with van der Waals surface area (Å²) < 4.78 is 27.2. The fourth-order valence-corrected chi connectivity index (χ4v) is 4.05. The van der Waals surface area contributed by atoms with Crippen LogP contribution in [0.5, 0.6) is 0 Å². The Labute approximate surface area is 115 Å². The van der Waals surface area contributed by atoms with E-state index in [4.69, 9.17) is 5.73 Å². The highest BCUT2D eigenvalue weighted by atomic mass is 32.2. The molecular formula is C14H22N2O2S. The molecule has 1 saturated carbocycles. The van der Waals surface area contributed by atoms with Gasteiger partial charge in [-0.05, 0) is 50.7 Å². The fraction of sp³-hybridized carbons (Fsp3) is 0.571. The van der Waals surface area contributed by atoms with Crippen LogP contribution in [0.25, 0.3) is 0 Å². The van der Waals surface area contributed by atoms with Gasteiger partial charge in [-0.3, -0.25) is 0 Å². The second-order valence-electron chi connectivity index (χ2n) is 5.56. The molecule has 2 rings (SSSR count). The van der Waals surface area contributed by atoms with E-state index in [9.17, 15) is 8.42 Å². The van der Waals surface area contributed by atoms with E-state index < -0.39 is 10.0 Å². The minimum Gasteiger partial charge on any atom is -0.328 e. The predicted octanol–water partition coefficient (Wildman–Crippen LogP) is 1.71. The van der Waals surface area contributed by atoms with Gasteiger partial charge in [0.2, 0.25) is 10.0 Å². The van der Waals surface area contributed by atoms with Crippen LogP contribution in [0.2, 0.25) is 0 Å². The summed E-state index contributed by atoms with van der Waals surface area (Å²) in [6.45, 7) is 4.27. The molecule has 0 heterocycles. The standard InChI is InChI=1S/C14H22N2O2S/c1-10-3-6-14(11(2)7-10)19(17,18)16-9-12-4-5-13(15)8-12/h3,6-7,12-13,16H,4-5,8-9,15H2,1-2H3. The summed E-state index contributed by atoms with van der Waals surface area (Å²) in [5, 5.41) is 0. The van der Waals surface area contributed by atoms with Crippen molar-refractivity contribution in [1.82, 2.24) is 4.72 Å². The van der Waals surface area contributed by atoms with Crippen molar-refractivity contribution >= 4 is 10.0 Å². The number of aryl methyl sites for hydroxylation is 2. The number of hydrogen-bond acceptors (Lipinski definition) is 3. The summed E-state index contributed by atoms with van der Waals surface area (Å²) >= 11 is 0. The van der Waals surface area contributed by atoms with Crippen molar-refractivity contribution in [2.45, 2.75) is 44.0 Å². The number of benzene rings is 1. The van der Waals surface area contributed by atoms with E-state index in [2.05, 4.69) is 4.72 Å². The summed E-state index contributed by atoms with van der Waals surface area (Å²) in [4.78, 5) is 0.375. The van der Waals surface area contributed by atoms with Crippen LogP contribution >= 0.6 is 0 Å². The summed E-state index contributed by atoms with van der Waals surface area (Å²) in [5.74, 6) is 0.371. The maximum Gasteiger partial charge on any atom is 0.240 e. The van der Waals surface area contributed by atoms with Gasteiger partial charge in [-0.2, -0.15) is 0 Å².